The number of hydrogen-bond donors (Lipinski definition) is 1. The van der Waals surface area contributed by atoms with E-state index in [0.29, 0.717) is 17.1 Å². The van der Waals surface area contributed by atoms with Gasteiger partial charge in [-0.05, 0) is 29.8 Å². The molecule has 9 nitrogen and oxygen atoms in total. The number of hydrogen-bond acceptors (Lipinski definition) is 8. The molecule has 0 aliphatic heterocycles. The average Bonchev–Trinajstić information content (AvgIpc) is 2.82. The van der Waals surface area contributed by atoms with Gasteiger partial charge in [-0.25, -0.2) is 14.8 Å². The van der Waals surface area contributed by atoms with Crippen molar-refractivity contribution in [2.24, 2.45) is 0 Å². The summed E-state index contributed by atoms with van der Waals surface area (Å²) in [5, 5.41) is 18.4. The van der Waals surface area contributed by atoms with Gasteiger partial charge in [-0.3, -0.25) is 0 Å². The molecule has 0 atom stereocenters. The van der Waals surface area contributed by atoms with Crippen molar-refractivity contribution in [3.63, 3.8) is 0 Å². The van der Waals surface area contributed by atoms with Gasteiger partial charge in [0, 0.05) is 6.08 Å². The molecule has 2 aromatic carbocycles. The number of para-hydroxylation sites is 1. The van der Waals surface area contributed by atoms with Gasteiger partial charge < -0.3 is 24.1 Å². The number of ether oxygens (including phenoxy) is 4. The van der Waals surface area contributed by atoms with Crippen molar-refractivity contribution in [2.75, 3.05) is 14.2 Å². The number of aliphatic carboxylic acids is 1. The Kier molecular flexibility index (Phi) is 7.22. The highest BCUT2D eigenvalue weighted by Gasteiger charge is 2.17. The van der Waals surface area contributed by atoms with Crippen molar-refractivity contribution >= 4 is 12.0 Å². The fourth-order valence-corrected chi connectivity index (χ4v) is 2.73. The van der Waals surface area contributed by atoms with E-state index in [1.165, 1.54) is 26.6 Å². The van der Waals surface area contributed by atoms with Gasteiger partial charge in [0.25, 0.3) is 0 Å². The summed E-state index contributed by atoms with van der Waals surface area (Å²) in [4.78, 5) is 19.4. The lowest BCUT2D eigenvalue weighted by molar-refractivity contribution is -0.135. The molecule has 0 radical (unpaired) electrons. The molecule has 0 amide bonds. The molecule has 162 valence electrons. The van der Waals surface area contributed by atoms with E-state index in [2.05, 4.69) is 16.0 Å². The Morgan fingerprint density at radius 2 is 1.91 bits per heavy atom. The van der Waals surface area contributed by atoms with Gasteiger partial charge in [-0.15, -0.1) is 0 Å². The Morgan fingerprint density at radius 1 is 1.12 bits per heavy atom. The number of rotatable bonds is 9. The molecular formula is C23H19N3O6. The molecule has 0 aliphatic carbocycles. The number of nitrogens with zero attached hydrogens (tertiary/aromatic N) is 3. The van der Waals surface area contributed by atoms with E-state index >= 15 is 0 Å². The number of methoxy groups -OCH3 is 2. The van der Waals surface area contributed by atoms with Crippen LogP contribution < -0.4 is 14.2 Å². The van der Waals surface area contributed by atoms with Crippen LogP contribution in [0.4, 0.5) is 0 Å². The van der Waals surface area contributed by atoms with Gasteiger partial charge in [0.2, 0.25) is 17.5 Å². The first-order valence-corrected chi connectivity index (χ1v) is 9.32. The second kappa shape index (κ2) is 10.4. The van der Waals surface area contributed by atoms with E-state index in [-0.39, 0.29) is 29.7 Å². The Labute approximate surface area is 184 Å². The maximum absolute atomic E-state index is 11.3. The van der Waals surface area contributed by atoms with E-state index < -0.39 is 5.97 Å². The molecule has 0 saturated carbocycles. The standard InChI is InChI=1S/C23H19N3O6/c1-29-20(23(27)28)11-18-21(30-2)25-14-26-22(18)32-17-8-5-6-15(10-17)13-31-19-9-4-3-7-16(19)12-24/h3-11,14H,13H2,1-2H3,(H,27,28). The number of carboxylic acids is 1. The number of carbonyl (C=O) groups is 1. The van der Waals surface area contributed by atoms with Crippen molar-refractivity contribution < 1.29 is 28.8 Å². The molecular weight excluding hydrogens is 414 g/mol. The molecule has 1 heterocycles. The minimum Gasteiger partial charge on any atom is -0.490 e. The summed E-state index contributed by atoms with van der Waals surface area (Å²) in [6.45, 7) is 0.211. The molecule has 1 aromatic heterocycles. The average molecular weight is 433 g/mol. The monoisotopic (exact) mass is 433 g/mol. The normalized spacial score (nSPS) is 10.7. The minimum atomic E-state index is -1.26. The molecule has 1 N–H and O–H groups in total. The number of aromatic nitrogens is 2. The van der Waals surface area contributed by atoms with Gasteiger partial charge in [-0.1, -0.05) is 24.3 Å². The van der Waals surface area contributed by atoms with Crippen LogP contribution in [0.1, 0.15) is 16.7 Å². The van der Waals surface area contributed by atoms with E-state index in [0.717, 1.165) is 5.56 Å². The van der Waals surface area contributed by atoms with E-state index in [4.69, 9.17) is 18.9 Å². The maximum Gasteiger partial charge on any atom is 0.371 e. The second-order valence-electron chi connectivity index (χ2n) is 6.27. The highest BCUT2D eigenvalue weighted by atomic mass is 16.5. The van der Waals surface area contributed by atoms with Crippen LogP contribution in [0.5, 0.6) is 23.3 Å². The van der Waals surface area contributed by atoms with Crippen LogP contribution in [0.15, 0.2) is 60.6 Å². The minimum absolute atomic E-state index is 0.0838. The van der Waals surface area contributed by atoms with Crippen LogP contribution in [0, 0.1) is 11.3 Å². The van der Waals surface area contributed by atoms with Crippen molar-refractivity contribution in [1.29, 1.82) is 5.26 Å². The van der Waals surface area contributed by atoms with Crippen LogP contribution >= 0.6 is 0 Å². The Hall–Kier alpha value is -4.58. The van der Waals surface area contributed by atoms with E-state index in [1.54, 1.807) is 42.5 Å². The topological polar surface area (TPSA) is 124 Å². The Bertz CT molecular complexity index is 1190. The zero-order chi connectivity index (χ0) is 22.9. The molecule has 32 heavy (non-hydrogen) atoms. The lowest BCUT2D eigenvalue weighted by Crippen LogP contribution is -2.04. The third kappa shape index (κ3) is 5.31. The van der Waals surface area contributed by atoms with E-state index in [1.807, 2.05) is 6.07 Å². The van der Waals surface area contributed by atoms with Gasteiger partial charge in [-0.2, -0.15) is 5.26 Å². The number of benzene rings is 2. The van der Waals surface area contributed by atoms with Crippen LogP contribution in [0.3, 0.4) is 0 Å². The van der Waals surface area contributed by atoms with Crippen LogP contribution in [-0.4, -0.2) is 35.3 Å². The fourth-order valence-electron chi connectivity index (χ4n) is 2.73. The molecule has 3 aromatic rings. The first kappa shape index (κ1) is 22.1. The summed E-state index contributed by atoms with van der Waals surface area (Å²) in [7, 11) is 2.64. The Balaban J connectivity index is 1.85. The third-order valence-corrected chi connectivity index (χ3v) is 4.23. The summed E-state index contributed by atoms with van der Waals surface area (Å²) >= 11 is 0. The van der Waals surface area contributed by atoms with Crippen molar-refractivity contribution in [2.45, 2.75) is 6.61 Å². The van der Waals surface area contributed by atoms with E-state index in [9.17, 15) is 15.2 Å². The lowest BCUT2D eigenvalue weighted by Gasteiger charge is -2.12. The van der Waals surface area contributed by atoms with Crippen LogP contribution in [-0.2, 0) is 16.1 Å². The molecule has 0 unspecified atom stereocenters. The second-order valence-corrected chi connectivity index (χ2v) is 6.27. The Morgan fingerprint density at radius 3 is 2.62 bits per heavy atom. The first-order chi connectivity index (χ1) is 15.5. The molecule has 0 aliphatic rings. The van der Waals surface area contributed by atoms with Crippen molar-refractivity contribution in [1.82, 2.24) is 9.97 Å². The SMILES string of the molecule is COC(=Cc1c(OC)ncnc1Oc1cccc(COc2ccccc2C#N)c1)C(=O)O. The zero-order valence-corrected chi connectivity index (χ0v) is 17.3. The lowest BCUT2D eigenvalue weighted by atomic mass is 10.2. The summed E-state index contributed by atoms with van der Waals surface area (Å²) in [5.74, 6) is -0.472. The van der Waals surface area contributed by atoms with Gasteiger partial charge in [0.15, 0.2) is 0 Å². The summed E-state index contributed by atoms with van der Waals surface area (Å²) < 4.78 is 21.7. The molecule has 3 rings (SSSR count). The van der Waals surface area contributed by atoms with Crippen molar-refractivity contribution in [3.8, 4) is 29.3 Å². The number of nitriles is 1. The number of carboxylic acid groups (broad SMARTS) is 1. The molecule has 0 bridgehead atoms. The highest BCUT2D eigenvalue weighted by molar-refractivity contribution is 5.90. The smallest absolute Gasteiger partial charge is 0.371 e. The maximum atomic E-state index is 11.3. The molecule has 0 fully saturated rings. The molecule has 9 heteroatoms. The van der Waals surface area contributed by atoms with Gasteiger partial charge in [0.1, 0.15) is 36.1 Å². The van der Waals surface area contributed by atoms with Crippen LogP contribution in [0.2, 0.25) is 0 Å². The summed E-state index contributed by atoms with van der Waals surface area (Å²) in [6, 6.07) is 16.1. The predicted octanol–water partition coefficient (Wildman–Crippen LogP) is 3.80. The molecule has 0 saturated heterocycles. The summed E-state index contributed by atoms with van der Waals surface area (Å²) in [5.41, 5.74) is 1.44. The van der Waals surface area contributed by atoms with Crippen molar-refractivity contribution in [3.05, 3.63) is 77.3 Å². The fraction of sp³-hybridized carbons (Fsp3) is 0.130. The first-order valence-electron chi connectivity index (χ1n) is 9.32. The third-order valence-electron chi connectivity index (χ3n) is 4.23. The largest absolute Gasteiger partial charge is 0.490 e. The predicted molar refractivity (Wildman–Crippen MR) is 113 cm³/mol. The van der Waals surface area contributed by atoms with Crippen LogP contribution in [0.25, 0.3) is 6.08 Å². The summed E-state index contributed by atoms with van der Waals surface area (Å²) in [6.07, 6.45) is 2.47. The van der Waals surface area contributed by atoms with Gasteiger partial charge >= 0.3 is 5.97 Å². The quantitative estimate of drug-likeness (QED) is 0.396. The zero-order valence-electron chi connectivity index (χ0n) is 17.3. The van der Waals surface area contributed by atoms with Gasteiger partial charge in [0.05, 0.1) is 19.8 Å². The molecule has 0 spiro atoms. The highest BCUT2D eigenvalue weighted by Crippen LogP contribution is 2.31.